The van der Waals surface area contributed by atoms with Crippen LogP contribution in [0.2, 0.25) is 0 Å². The second kappa shape index (κ2) is 12.2. The van der Waals surface area contributed by atoms with E-state index in [4.69, 9.17) is 14.2 Å². The molecule has 0 N–H and O–H groups in total. The number of hydrogen-bond donors (Lipinski definition) is 0. The maximum absolute atomic E-state index is 12.7. The number of nitrogens with zero attached hydrogens (tertiary/aromatic N) is 1. The van der Waals surface area contributed by atoms with Crippen molar-refractivity contribution in [1.29, 1.82) is 0 Å². The fraction of sp³-hybridized carbons (Fsp3) is 0.172. The highest BCUT2D eigenvalue weighted by molar-refractivity contribution is 6.16. The third kappa shape index (κ3) is 6.84. The number of allylic oxidation sites excluding steroid dienone is 1. The highest BCUT2D eigenvalue weighted by atomic mass is 16.5. The lowest BCUT2D eigenvalue weighted by atomic mass is 10.0. The van der Waals surface area contributed by atoms with Crippen LogP contribution in [0, 0.1) is 0 Å². The molecule has 3 rings (SSSR count). The smallest absolute Gasteiger partial charge is 0.341 e. The first-order valence-corrected chi connectivity index (χ1v) is 11.0. The number of esters is 1. The maximum atomic E-state index is 12.7. The number of benzene rings is 3. The SMILES string of the molecule is CO/C=C(/C(=O)OC)c1ccccc1COc1cccc(C(=O)/C=C/c2ccc(N(C)C)cc2)c1. The number of anilines is 1. The van der Waals surface area contributed by atoms with E-state index >= 15 is 0 Å². The van der Waals surface area contributed by atoms with Gasteiger partial charge in [-0.3, -0.25) is 4.79 Å². The molecular formula is C29H29NO5. The zero-order valence-electron chi connectivity index (χ0n) is 20.4. The third-order valence-corrected chi connectivity index (χ3v) is 5.30. The Morgan fingerprint density at radius 3 is 2.34 bits per heavy atom. The van der Waals surface area contributed by atoms with Gasteiger partial charge in [0, 0.05) is 25.3 Å². The standard InChI is InChI=1S/C29H29NO5/c1-30(2)24-15-12-21(13-16-24)14-17-28(31)22-9-7-10-25(18-22)35-19-23-8-5-6-11-26(23)27(20-33-3)29(32)34-4/h5-18,20H,19H2,1-4H3/b17-14+,27-20+. The minimum atomic E-state index is -0.505. The molecule has 0 fully saturated rings. The van der Waals surface area contributed by atoms with Crippen molar-refractivity contribution in [2.75, 3.05) is 33.2 Å². The highest BCUT2D eigenvalue weighted by Crippen LogP contribution is 2.23. The number of carbonyl (C=O) groups is 2. The van der Waals surface area contributed by atoms with Crippen molar-refractivity contribution in [3.05, 3.63) is 107 Å². The lowest BCUT2D eigenvalue weighted by Crippen LogP contribution is -2.08. The number of ketones is 1. The molecular weight excluding hydrogens is 442 g/mol. The summed E-state index contributed by atoms with van der Waals surface area (Å²) in [6, 6.07) is 22.3. The molecule has 0 amide bonds. The van der Waals surface area contributed by atoms with Crippen molar-refractivity contribution in [3.8, 4) is 5.75 Å². The summed E-state index contributed by atoms with van der Waals surface area (Å²) < 4.78 is 15.9. The van der Waals surface area contributed by atoms with E-state index in [2.05, 4.69) is 0 Å². The summed E-state index contributed by atoms with van der Waals surface area (Å²) in [7, 11) is 6.76. The summed E-state index contributed by atoms with van der Waals surface area (Å²) in [5, 5.41) is 0. The first-order valence-electron chi connectivity index (χ1n) is 11.0. The number of rotatable bonds is 10. The molecule has 0 aromatic heterocycles. The molecule has 0 atom stereocenters. The molecule has 3 aromatic carbocycles. The van der Waals surface area contributed by atoms with E-state index < -0.39 is 5.97 Å². The Hall–Kier alpha value is -4.32. The Morgan fingerprint density at radius 1 is 0.914 bits per heavy atom. The predicted octanol–water partition coefficient (Wildman–Crippen LogP) is 5.39. The molecule has 0 saturated carbocycles. The quantitative estimate of drug-likeness (QED) is 0.171. The zero-order chi connectivity index (χ0) is 25.2. The van der Waals surface area contributed by atoms with Crippen molar-refractivity contribution in [2.24, 2.45) is 0 Å². The highest BCUT2D eigenvalue weighted by Gasteiger charge is 2.17. The minimum absolute atomic E-state index is 0.122. The van der Waals surface area contributed by atoms with Crippen molar-refractivity contribution in [1.82, 2.24) is 0 Å². The van der Waals surface area contributed by atoms with Gasteiger partial charge in [0.2, 0.25) is 0 Å². The van der Waals surface area contributed by atoms with Crippen LogP contribution in [0.25, 0.3) is 11.6 Å². The van der Waals surface area contributed by atoms with Crippen LogP contribution < -0.4 is 9.64 Å². The van der Waals surface area contributed by atoms with E-state index in [0.717, 1.165) is 16.8 Å². The number of carbonyl (C=O) groups excluding carboxylic acids is 2. The summed E-state index contributed by atoms with van der Waals surface area (Å²) >= 11 is 0. The van der Waals surface area contributed by atoms with Gasteiger partial charge in [-0.05, 0) is 47.0 Å². The number of methoxy groups -OCH3 is 2. The Labute approximate surface area is 206 Å². The van der Waals surface area contributed by atoms with Crippen LogP contribution in [0.4, 0.5) is 5.69 Å². The van der Waals surface area contributed by atoms with E-state index in [9.17, 15) is 9.59 Å². The first kappa shape index (κ1) is 25.3. The molecule has 3 aromatic rings. The lowest BCUT2D eigenvalue weighted by Gasteiger charge is -2.13. The van der Waals surface area contributed by atoms with Gasteiger partial charge in [0.05, 0.1) is 20.5 Å². The summed E-state index contributed by atoms with van der Waals surface area (Å²) in [6.07, 6.45) is 4.70. The van der Waals surface area contributed by atoms with Crippen molar-refractivity contribution in [2.45, 2.75) is 6.61 Å². The van der Waals surface area contributed by atoms with E-state index in [1.54, 1.807) is 42.5 Å². The molecule has 6 nitrogen and oxygen atoms in total. The predicted molar refractivity (Wildman–Crippen MR) is 138 cm³/mol. The van der Waals surface area contributed by atoms with Gasteiger partial charge in [-0.2, -0.15) is 0 Å². The maximum Gasteiger partial charge on any atom is 0.341 e. The van der Waals surface area contributed by atoms with E-state index in [1.165, 1.54) is 20.5 Å². The number of ether oxygens (including phenoxy) is 3. The average Bonchev–Trinajstić information content (AvgIpc) is 2.89. The summed E-state index contributed by atoms with van der Waals surface area (Å²) in [4.78, 5) is 26.9. The van der Waals surface area contributed by atoms with Crippen LogP contribution in [-0.2, 0) is 20.9 Å². The van der Waals surface area contributed by atoms with Gasteiger partial charge in [0.15, 0.2) is 5.78 Å². The lowest BCUT2D eigenvalue weighted by molar-refractivity contribution is -0.133. The molecule has 0 aliphatic heterocycles. The van der Waals surface area contributed by atoms with Gasteiger partial charge in [-0.1, -0.05) is 54.6 Å². The monoisotopic (exact) mass is 471 g/mol. The Bertz CT molecular complexity index is 1230. The van der Waals surface area contributed by atoms with Crippen LogP contribution in [0.3, 0.4) is 0 Å². The normalized spacial score (nSPS) is 11.3. The topological polar surface area (TPSA) is 65.1 Å². The molecule has 0 aliphatic carbocycles. The van der Waals surface area contributed by atoms with Gasteiger partial charge in [0.1, 0.15) is 17.9 Å². The van der Waals surface area contributed by atoms with E-state index in [1.807, 2.05) is 61.5 Å². The molecule has 35 heavy (non-hydrogen) atoms. The van der Waals surface area contributed by atoms with Crippen molar-refractivity contribution in [3.63, 3.8) is 0 Å². The third-order valence-electron chi connectivity index (χ3n) is 5.30. The van der Waals surface area contributed by atoms with Crippen LogP contribution in [0.15, 0.2) is 85.1 Å². The van der Waals surface area contributed by atoms with Gasteiger partial charge in [0.25, 0.3) is 0 Å². The molecule has 180 valence electrons. The van der Waals surface area contributed by atoms with E-state index in [0.29, 0.717) is 22.4 Å². The zero-order valence-corrected chi connectivity index (χ0v) is 20.4. The Balaban J connectivity index is 1.72. The van der Waals surface area contributed by atoms with Gasteiger partial charge >= 0.3 is 5.97 Å². The molecule has 0 unspecified atom stereocenters. The Morgan fingerprint density at radius 2 is 1.66 bits per heavy atom. The largest absolute Gasteiger partial charge is 0.503 e. The number of hydrogen-bond acceptors (Lipinski definition) is 6. The first-order chi connectivity index (χ1) is 16.9. The molecule has 6 heteroatoms. The summed E-state index contributed by atoms with van der Waals surface area (Å²) in [5.41, 5.74) is 4.28. The van der Waals surface area contributed by atoms with Crippen LogP contribution >= 0.6 is 0 Å². The summed E-state index contributed by atoms with van der Waals surface area (Å²) in [5.74, 6) is -0.0803. The van der Waals surface area contributed by atoms with Crippen molar-refractivity contribution < 1.29 is 23.8 Å². The van der Waals surface area contributed by atoms with Crippen molar-refractivity contribution >= 4 is 29.1 Å². The molecule has 0 aliphatic rings. The van der Waals surface area contributed by atoms with Crippen LogP contribution in [0.5, 0.6) is 5.75 Å². The fourth-order valence-corrected chi connectivity index (χ4v) is 3.41. The second-order valence-electron chi connectivity index (χ2n) is 7.92. The molecule has 0 bridgehead atoms. The van der Waals surface area contributed by atoms with Crippen LogP contribution in [0.1, 0.15) is 27.0 Å². The van der Waals surface area contributed by atoms with Gasteiger partial charge in [-0.15, -0.1) is 0 Å². The average molecular weight is 472 g/mol. The summed E-state index contributed by atoms with van der Waals surface area (Å²) in [6.45, 7) is 0.194. The van der Waals surface area contributed by atoms with Gasteiger partial charge < -0.3 is 19.1 Å². The Kier molecular flexibility index (Phi) is 8.84. The second-order valence-corrected chi connectivity index (χ2v) is 7.92. The molecule has 0 heterocycles. The molecule has 0 spiro atoms. The van der Waals surface area contributed by atoms with E-state index in [-0.39, 0.29) is 12.4 Å². The minimum Gasteiger partial charge on any atom is -0.503 e. The molecule has 0 radical (unpaired) electrons. The molecule has 0 saturated heterocycles. The van der Waals surface area contributed by atoms with Gasteiger partial charge in [-0.25, -0.2) is 4.79 Å². The van der Waals surface area contributed by atoms with Crippen LogP contribution in [-0.4, -0.2) is 40.1 Å². The fourth-order valence-electron chi connectivity index (χ4n) is 3.41.